The number of rotatable bonds is 6. The van der Waals surface area contributed by atoms with Gasteiger partial charge in [0.2, 0.25) is 0 Å². The van der Waals surface area contributed by atoms with Crippen molar-refractivity contribution in [1.82, 2.24) is 38.7 Å². The van der Waals surface area contributed by atoms with Gasteiger partial charge >= 0.3 is 21.1 Å². The van der Waals surface area contributed by atoms with Crippen LogP contribution in [0.4, 0.5) is 0 Å². The number of hydrogen-bond acceptors (Lipinski definition) is 4. The zero-order valence-electron chi connectivity index (χ0n) is 28.3. The standard InChI is InChI=1S/C43H30N8.Pt/c1-43(2,37-21-11-23-39(44-37)48-27-25-41(46-48)50-33-17-7-3-13-29(33)30-14-4-8-18-34(30)50)38-22-12-24-40(45-38)49-28-26-42(47-49)51-35-19-9-5-15-31(35)32-16-6-10-20-36(32)51;/h3-26H,1-2H3;/q-2;+2. The van der Waals surface area contributed by atoms with E-state index in [-0.39, 0.29) is 21.1 Å². The second kappa shape index (κ2) is 12.3. The second-order valence-corrected chi connectivity index (χ2v) is 13.2. The third kappa shape index (κ3) is 4.94. The van der Waals surface area contributed by atoms with Crippen LogP contribution in [0.25, 0.3) is 66.9 Å². The van der Waals surface area contributed by atoms with Crippen LogP contribution in [-0.2, 0) is 26.5 Å². The second-order valence-electron chi connectivity index (χ2n) is 13.2. The van der Waals surface area contributed by atoms with Gasteiger partial charge in [-0.3, -0.25) is 9.97 Å². The van der Waals surface area contributed by atoms with Crippen molar-refractivity contribution >= 4 is 43.6 Å². The smallest absolute Gasteiger partial charge is 0.346 e. The van der Waals surface area contributed by atoms with Gasteiger partial charge in [-0.1, -0.05) is 109 Å². The Morgan fingerprint density at radius 1 is 0.423 bits per heavy atom. The number of hydrogen-bond donors (Lipinski definition) is 0. The molecule has 4 aromatic carbocycles. The van der Waals surface area contributed by atoms with Crippen molar-refractivity contribution in [2.24, 2.45) is 0 Å². The van der Waals surface area contributed by atoms with E-state index in [0.717, 1.165) is 45.1 Å². The van der Waals surface area contributed by atoms with E-state index >= 15 is 0 Å². The third-order valence-electron chi connectivity index (χ3n) is 9.84. The Labute approximate surface area is 313 Å². The summed E-state index contributed by atoms with van der Waals surface area (Å²) in [6.07, 6.45) is 6.63. The molecular weight excluding hydrogens is 824 g/mol. The van der Waals surface area contributed by atoms with Crippen molar-refractivity contribution in [3.8, 4) is 23.3 Å². The summed E-state index contributed by atoms with van der Waals surface area (Å²) in [6.45, 7) is 4.27. The van der Waals surface area contributed by atoms with Crippen LogP contribution >= 0.6 is 0 Å². The number of pyridine rings is 2. The van der Waals surface area contributed by atoms with E-state index < -0.39 is 5.41 Å². The molecule has 52 heavy (non-hydrogen) atoms. The average Bonchev–Trinajstić information content (AvgIpc) is 3.98. The molecule has 0 radical (unpaired) electrons. The molecule has 0 amide bonds. The summed E-state index contributed by atoms with van der Waals surface area (Å²) in [5.74, 6) is 2.92. The van der Waals surface area contributed by atoms with Crippen molar-refractivity contribution in [3.63, 3.8) is 0 Å². The summed E-state index contributed by atoms with van der Waals surface area (Å²) < 4.78 is 7.80. The van der Waals surface area contributed by atoms with E-state index in [2.05, 4.69) is 132 Å². The maximum absolute atomic E-state index is 5.09. The molecule has 0 N–H and O–H groups in total. The molecule has 10 rings (SSSR count). The molecule has 0 fully saturated rings. The Bertz CT molecular complexity index is 2620. The minimum atomic E-state index is -0.530. The van der Waals surface area contributed by atoms with Crippen molar-refractivity contribution < 1.29 is 21.1 Å². The van der Waals surface area contributed by atoms with Gasteiger partial charge in [-0.2, -0.15) is 0 Å². The molecule has 0 aliphatic heterocycles. The molecule has 0 atom stereocenters. The minimum Gasteiger partial charge on any atom is -0.346 e. The Balaban J connectivity index is 0.00000360. The molecule has 0 saturated heterocycles. The van der Waals surface area contributed by atoms with Crippen molar-refractivity contribution in [2.75, 3.05) is 0 Å². The van der Waals surface area contributed by atoms with Gasteiger partial charge in [-0.25, -0.2) is 10.2 Å². The average molecular weight is 854 g/mol. The molecule has 8 nitrogen and oxygen atoms in total. The molecule has 0 unspecified atom stereocenters. The maximum Gasteiger partial charge on any atom is 2.00 e. The number of benzene rings is 4. The van der Waals surface area contributed by atoms with Crippen molar-refractivity contribution in [3.05, 3.63) is 169 Å². The molecule has 0 bridgehead atoms. The van der Waals surface area contributed by atoms with Gasteiger partial charge in [-0.05, 0) is 50.2 Å². The van der Waals surface area contributed by atoms with E-state index in [0.29, 0.717) is 11.6 Å². The molecule has 0 saturated carbocycles. The van der Waals surface area contributed by atoms with E-state index in [4.69, 9.17) is 20.2 Å². The molecule has 0 aliphatic rings. The van der Waals surface area contributed by atoms with Gasteiger partial charge in [0.05, 0.1) is 23.3 Å². The molecule has 6 heterocycles. The third-order valence-corrected chi connectivity index (χ3v) is 9.84. The minimum absolute atomic E-state index is 0. The number of nitrogens with zero attached hydrogens (tertiary/aromatic N) is 8. The first kappa shape index (κ1) is 31.8. The predicted molar refractivity (Wildman–Crippen MR) is 201 cm³/mol. The van der Waals surface area contributed by atoms with Crippen LogP contribution in [0, 0.1) is 12.4 Å². The first-order valence-corrected chi connectivity index (χ1v) is 16.9. The zero-order chi connectivity index (χ0) is 34.1. The van der Waals surface area contributed by atoms with E-state index in [1.807, 2.05) is 48.5 Å². The van der Waals surface area contributed by atoms with Gasteiger partial charge in [0.1, 0.15) is 0 Å². The molecular formula is C43H30N8Pt. The van der Waals surface area contributed by atoms with Gasteiger partial charge in [0.25, 0.3) is 0 Å². The largest absolute Gasteiger partial charge is 2.00 e. The molecule has 9 heteroatoms. The topological polar surface area (TPSA) is 71.3 Å². The van der Waals surface area contributed by atoms with Crippen LogP contribution in [0.3, 0.4) is 0 Å². The molecule has 0 aliphatic carbocycles. The summed E-state index contributed by atoms with van der Waals surface area (Å²) in [5.41, 5.74) is 5.60. The first-order chi connectivity index (χ1) is 25.0. The molecule has 6 aromatic heterocycles. The van der Waals surface area contributed by atoms with Gasteiger partial charge in [0, 0.05) is 60.4 Å². The normalized spacial score (nSPS) is 11.9. The molecule has 10 aromatic rings. The monoisotopic (exact) mass is 853 g/mol. The summed E-state index contributed by atoms with van der Waals surface area (Å²) in [7, 11) is 0. The number of para-hydroxylation sites is 4. The summed E-state index contributed by atoms with van der Waals surface area (Å²) in [4.78, 5) is 10.2. The van der Waals surface area contributed by atoms with E-state index in [1.54, 1.807) is 9.36 Å². The van der Waals surface area contributed by atoms with Crippen LogP contribution in [-0.4, -0.2) is 38.7 Å². The quantitative estimate of drug-likeness (QED) is 0.157. The van der Waals surface area contributed by atoms with Gasteiger partial charge in [0.15, 0.2) is 0 Å². The van der Waals surface area contributed by atoms with Crippen molar-refractivity contribution in [1.29, 1.82) is 0 Å². The van der Waals surface area contributed by atoms with E-state index in [1.165, 1.54) is 21.5 Å². The van der Waals surface area contributed by atoms with Crippen molar-refractivity contribution in [2.45, 2.75) is 19.3 Å². The van der Waals surface area contributed by atoms with Crippen LogP contribution < -0.4 is 0 Å². The Morgan fingerprint density at radius 3 is 1.13 bits per heavy atom. The van der Waals surface area contributed by atoms with E-state index in [9.17, 15) is 0 Å². The fourth-order valence-corrected chi connectivity index (χ4v) is 7.26. The fraction of sp³-hybridized carbons (Fsp3) is 0.0698. The first-order valence-electron chi connectivity index (χ1n) is 16.9. The Hall–Kier alpha value is -6.11. The Morgan fingerprint density at radius 2 is 0.769 bits per heavy atom. The molecule has 0 spiro atoms. The van der Waals surface area contributed by atoms with Crippen LogP contribution in [0.15, 0.2) is 146 Å². The van der Waals surface area contributed by atoms with Crippen LogP contribution in [0.1, 0.15) is 25.2 Å². The van der Waals surface area contributed by atoms with Crippen LogP contribution in [0.2, 0.25) is 0 Å². The summed E-state index contributed by atoms with van der Waals surface area (Å²) in [6, 6.07) is 49.5. The molecule has 252 valence electrons. The van der Waals surface area contributed by atoms with Crippen LogP contribution in [0.5, 0.6) is 0 Å². The summed E-state index contributed by atoms with van der Waals surface area (Å²) in [5, 5.41) is 14.7. The maximum atomic E-state index is 5.09. The van der Waals surface area contributed by atoms with Gasteiger partial charge in [-0.15, -0.1) is 12.1 Å². The Kier molecular flexibility index (Phi) is 7.52. The summed E-state index contributed by atoms with van der Waals surface area (Å²) >= 11 is 0. The predicted octanol–water partition coefficient (Wildman–Crippen LogP) is 8.97. The SMILES string of the molecule is CC(C)(c1cccc(-n2[c-]cc(-n3c4ccccc4c4ccccc43)n2)n1)c1cccc(-n2[c-]cc(-n3c4ccccc4c4ccccc43)n2)n1.[Pt+2]. The number of aromatic nitrogens is 8. The van der Waals surface area contributed by atoms with Gasteiger partial charge < -0.3 is 18.5 Å². The number of fused-ring (bicyclic) bond motifs is 6. The fourth-order valence-electron chi connectivity index (χ4n) is 7.26. The zero-order valence-corrected chi connectivity index (χ0v) is 30.5.